The van der Waals surface area contributed by atoms with Crippen LogP contribution in [0.25, 0.3) is 0 Å². The van der Waals surface area contributed by atoms with Gasteiger partial charge in [0.1, 0.15) is 11.9 Å². The molecule has 1 amide bonds. The van der Waals surface area contributed by atoms with E-state index in [2.05, 4.69) is 34.2 Å². The van der Waals surface area contributed by atoms with Crippen molar-refractivity contribution in [2.75, 3.05) is 26.7 Å². The van der Waals surface area contributed by atoms with Crippen molar-refractivity contribution in [1.82, 2.24) is 15.1 Å². The van der Waals surface area contributed by atoms with Crippen molar-refractivity contribution >= 4 is 17.2 Å². The van der Waals surface area contributed by atoms with Crippen LogP contribution in [0.5, 0.6) is 5.75 Å². The topological polar surface area (TPSA) is 44.8 Å². The maximum absolute atomic E-state index is 12.6. The second-order valence-corrected chi connectivity index (χ2v) is 9.51. The summed E-state index contributed by atoms with van der Waals surface area (Å²) in [7, 11) is 1.73. The monoisotopic (exact) mass is 413 g/mol. The SMILES string of the molecule is CNC(=O)[C@@H]1C[C@H](Oc2ccccc2)CN1C1CCN(Cc2ccc(C)s2)CC1. The number of thiophene rings is 1. The third-order valence-electron chi connectivity index (χ3n) is 6.10. The number of likely N-dealkylation sites (tertiary alicyclic amines) is 2. The Hall–Kier alpha value is -1.89. The van der Waals surface area contributed by atoms with Crippen LogP contribution in [0.4, 0.5) is 0 Å². The molecule has 1 aromatic carbocycles. The van der Waals surface area contributed by atoms with E-state index in [0.717, 1.165) is 51.2 Å². The van der Waals surface area contributed by atoms with Gasteiger partial charge >= 0.3 is 0 Å². The van der Waals surface area contributed by atoms with E-state index in [4.69, 9.17) is 4.74 Å². The van der Waals surface area contributed by atoms with Crippen LogP contribution in [0.3, 0.4) is 0 Å². The Morgan fingerprint density at radius 3 is 2.59 bits per heavy atom. The predicted molar refractivity (Wildman–Crippen MR) is 117 cm³/mol. The fraction of sp³-hybridized carbons (Fsp3) is 0.522. The molecule has 0 saturated carbocycles. The first-order chi connectivity index (χ1) is 14.1. The number of amides is 1. The molecule has 3 heterocycles. The molecular weight excluding hydrogens is 382 g/mol. The molecule has 2 saturated heterocycles. The highest BCUT2D eigenvalue weighted by molar-refractivity contribution is 7.11. The third kappa shape index (κ3) is 5.00. The summed E-state index contributed by atoms with van der Waals surface area (Å²) < 4.78 is 6.19. The summed E-state index contributed by atoms with van der Waals surface area (Å²) in [6.45, 7) is 6.21. The van der Waals surface area contributed by atoms with Crippen molar-refractivity contribution < 1.29 is 9.53 Å². The first-order valence-electron chi connectivity index (χ1n) is 10.6. The minimum atomic E-state index is -0.0924. The number of nitrogens with zero attached hydrogens (tertiary/aromatic N) is 2. The number of likely N-dealkylation sites (N-methyl/N-ethyl adjacent to an activating group) is 1. The van der Waals surface area contributed by atoms with E-state index in [0.29, 0.717) is 6.04 Å². The molecule has 1 N–H and O–H groups in total. The van der Waals surface area contributed by atoms with Gasteiger partial charge in [0.2, 0.25) is 5.91 Å². The van der Waals surface area contributed by atoms with E-state index in [1.165, 1.54) is 9.75 Å². The minimum Gasteiger partial charge on any atom is -0.489 e. The Labute approximate surface area is 177 Å². The zero-order valence-electron chi connectivity index (χ0n) is 17.3. The molecule has 0 radical (unpaired) electrons. The number of rotatable bonds is 6. The van der Waals surface area contributed by atoms with E-state index in [1.807, 2.05) is 41.7 Å². The number of ether oxygens (including phenoxy) is 1. The molecule has 156 valence electrons. The lowest BCUT2D eigenvalue weighted by Gasteiger charge is -2.38. The second-order valence-electron chi connectivity index (χ2n) is 8.14. The summed E-state index contributed by atoms with van der Waals surface area (Å²) in [4.78, 5) is 20.3. The van der Waals surface area contributed by atoms with E-state index in [1.54, 1.807) is 7.05 Å². The zero-order valence-corrected chi connectivity index (χ0v) is 18.2. The highest BCUT2D eigenvalue weighted by Gasteiger charge is 2.41. The van der Waals surface area contributed by atoms with Gasteiger partial charge < -0.3 is 10.1 Å². The van der Waals surface area contributed by atoms with Crippen molar-refractivity contribution in [3.05, 3.63) is 52.2 Å². The van der Waals surface area contributed by atoms with Gasteiger partial charge in [-0.25, -0.2) is 0 Å². The molecule has 2 aromatic rings. The molecule has 1 aromatic heterocycles. The van der Waals surface area contributed by atoms with Crippen LogP contribution in [0.2, 0.25) is 0 Å². The summed E-state index contributed by atoms with van der Waals surface area (Å²) in [6.07, 6.45) is 3.03. The zero-order chi connectivity index (χ0) is 20.2. The average Bonchev–Trinajstić information content (AvgIpc) is 3.35. The molecule has 2 aliphatic heterocycles. The molecule has 2 fully saturated rings. The Morgan fingerprint density at radius 2 is 1.93 bits per heavy atom. The average molecular weight is 414 g/mol. The largest absolute Gasteiger partial charge is 0.489 e. The van der Waals surface area contributed by atoms with Crippen LogP contribution in [0.1, 0.15) is 29.0 Å². The number of benzene rings is 1. The summed E-state index contributed by atoms with van der Waals surface area (Å²) in [5.74, 6) is 0.997. The number of piperidine rings is 1. The van der Waals surface area contributed by atoms with Gasteiger partial charge in [-0.05, 0) is 44.0 Å². The van der Waals surface area contributed by atoms with Gasteiger partial charge in [0.15, 0.2) is 0 Å². The number of aryl methyl sites for hydroxylation is 1. The Morgan fingerprint density at radius 1 is 1.17 bits per heavy atom. The van der Waals surface area contributed by atoms with Crippen molar-refractivity contribution in [2.24, 2.45) is 0 Å². The van der Waals surface area contributed by atoms with Crippen molar-refractivity contribution in [3.63, 3.8) is 0 Å². The van der Waals surface area contributed by atoms with Gasteiger partial charge in [-0.15, -0.1) is 11.3 Å². The molecule has 0 aliphatic carbocycles. The summed E-state index contributed by atoms with van der Waals surface area (Å²) in [5, 5.41) is 2.86. The van der Waals surface area contributed by atoms with E-state index in [9.17, 15) is 4.79 Å². The smallest absolute Gasteiger partial charge is 0.237 e. The number of para-hydroxylation sites is 1. The van der Waals surface area contributed by atoms with E-state index in [-0.39, 0.29) is 18.1 Å². The lowest BCUT2D eigenvalue weighted by atomic mass is 10.0. The highest BCUT2D eigenvalue weighted by Crippen LogP contribution is 2.29. The Kier molecular flexibility index (Phi) is 6.53. The fourth-order valence-corrected chi connectivity index (χ4v) is 5.56. The Balaban J connectivity index is 1.36. The second kappa shape index (κ2) is 9.28. The highest BCUT2D eigenvalue weighted by atomic mass is 32.1. The van der Waals surface area contributed by atoms with E-state index < -0.39 is 0 Å². The summed E-state index contributed by atoms with van der Waals surface area (Å²) >= 11 is 1.89. The van der Waals surface area contributed by atoms with Crippen molar-refractivity contribution in [1.29, 1.82) is 0 Å². The fourth-order valence-electron chi connectivity index (χ4n) is 4.63. The standard InChI is InChI=1S/C23H31N3O2S/c1-17-8-9-21(29-17)16-25-12-10-18(11-13-25)26-15-20(14-22(26)23(27)24-2)28-19-6-4-3-5-7-19/h3-9,18,20,22H,10-16H2,1-2H3,(H,24,27)/t20-,22-/m0/s1. The molecule has 29 heavy (non-hydrogen) atoms. The molecule has 0 bridgehead atoms. The van der Waals surface area contributed by atoms with Crippen molar-refractivity contribution in [3.8, 4) is 5.75 Å². The molecule has 2 atom stereocenters. The summed E-state index contributed by atoms with van der Waals surface area (Å²) in [6, 6.07) is 14.8. The predicted octanol–water partition coefficient (Wildman–Crippen LogP) is 3.29. The lowest BCUT2D eigenvalue weighted by molar-refractivity contribution is -0.126. The quantitative estimate of drug-likeness (QED) is 0.789. The number of carbonyl (C=O) groups is 1. The number of hydrogen-bond acceptors (Lipinski definition) is 5. The van der Waals surface area contributed by atoms with Crippen LogP contribution in [-0.2, 0) is 11.3 Å². The first-order valence-corrected chi connectivity index (χ1v) is 11.4. The molecule has 6 heteroatoms. The molecule has 5 nitrogen and oxygen atoms in total. The van der Waals surface area contributed by atoms with E-state index >= 15 is 0 Å². The summed E-state index contributed by atoms with van der Waals surface area (Å²) in [5.41, 5.74) is 0. The van der Waals surface area contributed by atoms with Gasteiger partial charge in [0.05, 0.1) is 6.04 Å². The minimum absolute atomic E-state index is 0.0619. The molecule has 0 unspecified atom stereocenters. The number of carbonyl (C=O) groups excluding carboxylic acids is 1. The number of nitrogens with one attached hydrogen (secondary N) is 1. The van der Waals surface area contributed by atoms with Gasteiger partial charge in [-0.2, -0.15) is 0 Å². The van der Waals surface area contributed by atoms with Crippen LogP contribution in [0, 0.1) is 6.92 Å². The number of hydrogen-bond donors (Lipinski definition) is 1. The van der Waals surface area contributed by atoms with Crippen molar-refractivity contribution in [2.45, 2.75) is 50.9 Å². The van der Waals surface area contributed by atoms with Crippen LogP contribution < -0.4 is 10.1 Å². The van der Waals surface area contributed by atoms with Gasteiger partial charge in [0, 0.05) is 55.4 Å². The van der Waals surface area contributed by atoms with Crippen LogP contribution in [0.15, 0.2) is 42.5 Å². The molecule has 2 aliphatic rings. The molecule has 0 spiro atoms. The first kappa shape index (κ1) is 20.4. The third-order valence-corrected chi connectivity index (χ3v) is 7.08. The van der Waals surface area contributed by atoms with Gasteiger partial charge in [0.25, 0.3) is 0 Å². The normalized spacial score (nSPS) is 23.9. The maximum atomic E-state index is 12.6. The Bertz CT molecular complexity index is 801. The molecular formula is C23H31N3O2S. The molecule has 4 rings (SSSR count). The van der Waals surface area contributed by atoms with Crippen LogP contribution in [-0.4, -0.2) is 60.6 Å². The van der Waals surface area contributed by atoms with Crippen LogP contribution >= 0.6 is 11.3 Å². The maximum Gasteiger partial charge on any atom is 0.237 e. The lowest BCUT2D eigenvalue weighted by Crippen LogP contribution is -2.50. The van der Waals surface area contributed by atoms with Gasteiger partial charge in [-0.1, -0.05) is 18.2 Å². The van der Waals surface area contributed by atoms with Gasteiger partial charge in [-0.3, -0.25) is 14.6 Å².